The molecular formula is C21H18ClN5O2S. The van der Waals surface area contributed by atoms with Crippen LogP contribution < -0.4 is 0 Å². The van der Waals surface area contributed by atoms with Crippen molar-refractivity contribution in [3.63, 3.8) is 0 Å². The summed E-state index contributed by atoms with van der Waals surface area (Å²) in [6.45, 7) is 1.15. The van der Waals surface area contributed by atoms with Crippen LogP contribution in [0.15, 0.2) is 46.2 Å². The molecule has 0 radical (unpaired) electrons. The molecule has 0 bridgehead atoms. The summed E-state index contributed by atoms with van der Waals surface area (Å²) < 4.78 is 7.75. The SMILES string of the molecule is Cn1nc(-c2nnc(-c3ccccc3Cl)o2)c2c1CCN(C(=O)Cc1cccs1)C2. The third-order valence-corrected chi connectivity index (χ3v) is 6.44. The molecule has 0 fully saturated rings. The first-order valence-electron chi connectivity index (χ1n) is 9.54. The highest BCUT2D eigenvalue weighted by atomic mass is 35.5. The summed E-state index contributed by atoms with van der Waals surface area (Å²) in [6.07, 6.45) is 1.15. The van der Waals surface area contributed by atoms with Crippen LogP contribution in [0.2, 0.25) is 5.02 Å². The summed E-state index contributed by atoms with van der Waals surface area (Å²) in [5.41, 5.74) is 3.34. The average Bonchev–Trinajstić information content (AvgIpc) is 3.49. The van der Waals surface area contributed by atoms with Gasteiger partial charge in [0.2, 0.25) is 11.8 Å². The van der Waals surface area contributed by atoms with Crippen LogP contribution in [-0.2, 0) is 31.2 Å². The Morgan fingerprint density at radius 1 is 1.20 bits per heavy atom. The second-order valence-electron chi connectivity index (χ2n) is 7.11. The summed E-state index contributed by atoms with van der Waals surface area (Å²) in [6, 6.07) is 11.3. The second-order valence-corrected chi connectivity index (χ2v) is 8.55. The van der Waals surface area contributed by atoms with E-state index in [2.05, 4.69) is 15.3 Å². The summed E-state index contributed by atoms with van der Waals surface area (Å²) in [7, 11) is 1.90. The lowest BCUT2D eigenvalue weighted by atomic mass is 10.0. The minimum atomic E-state index is 0.111. The smallest absolute Gasteiger partial charge is 0.268 e. The molecule has 0 atom stereocenters. The van der Waals surface area contributed by atoms with Crippen LogP contribution in [0, 0.1) is 0 Å². The van der Waals surface area contributed by atoms with Crippen molar-refractivity contribution in [3.05, 3.63) is 62.9 Å². The van der Waals surface area contributed by atoms with Crippen LogP contribution in [-0.4, -0.2) is 37.3 Å². The molecule has 1 aromatic carbocycles. The predicted molar refractivity (Wildman–Crippen MR) is 114 cm³/mol. The molecule has 5 rings (SSSR count). The van der Waals surface area contributed by atoms with Gasteiger partial charge in [0.25, 0.3) is 5.89 Å². The fraction of sp³-hybridized carbons (Fsp3) is 0.238. The van der Waals surface area contributed by atoms with Crippen molar-refractivity contribution in [2.24, 2.45) is 7.05 Å². The largest absolute Gasteiger partial charge is 0.414 e. The van der Waals surface area contributed by atoms with Crippen LogP contribution in [0.5, 0.6) is 0 Å². The van der Waals surface area contributed by atoms with E-state index in [1.807, 2.05) is 52.3 Å². The highest BCUT2D eigenvalue weighted by molar-refractivity contribution is 7.10. The molecule has 0 aliphatic carbocycles. The molecule has 1 aliphatic heterocycles. The van der Waals surface area contributed by atoms with Gasteiger partial charge in [-0.05, 0) is 23.6 Å². The number of nitrogens with zero attached hydrogens (tertiary/aromatic N) is 5. The summed E-state index contributed by atoms with van der Waals surface area (Å²) in [5, 5.41) is 15.5. The quantitative estimate of drug-likeness (QED) is 0.480. The molecule has 1 amide bonds. The van der Waals surface area contributed by atoms with E-state index < -0.39 is 0 Å². The Labute approximate surface area is 181 Å². The van der Waals surface area contributed by atoms with Crippen LogP contribution in [0.25, 0.3) is 23.0 Å². The number of aromatic nitrogens is 4. The highest BCUT2D eigenvalue weighted by Crippen LogP contribution is 2.32. The van der Waals surface area contributed by atoms with E-state index in [0.717, 1.165) is 22.6 Å². The van der Waals surface area contributed by atoms with E-state index >= 15 is 0 Å². The molecule has 9 heteroatoms. The number of carbonyl (C=O) groups is 1. The fourth-order valence-electron chi connectivity index (χ4n) is 3.71. The first-order valence-corrected chi connectivity index (χ1v) is 10.8. The summed E-state index contributed by atoms with van der Waals surface area (Å²) >= 11 is 7.85. The lowest BCUT2D eigenvalue weighted by Gasteiger charge is -2.27. The van der Waals surface area contributed by atoms with Crippen molar-refractivity contribution < 1.29 is 9.21 Å². The number of amides is 1. The number of aryl methyl sites for hydroxylation is 1. The molecule has 4 aromatic rings. The maximum Gasteiger partial charge on any atom is 0.268 e. The third-order valence-electron chi connectivity index (χ3n) is 5.23. The lowest BCUT2D eigenvalue weighted by molar-refractivity contribution is -0.131. The Hall–Kier alpha value is -2.97. The molecule has 0 N–H and O–H groups in total. The molecule has 0 saturated carbocycles. The van der Waals surface area contributed by atoms with Gasteiger partial charge in [-0.2, -0.15) is 5.10 Å². The number of hydrogen-bond acceptors (Lipinski definition) is 6. The van der Waals surface area contributed by atoms with E-state index in [1.165, 1.54) is 0 Å². The number of fused-ring (bicyclic) bond motifs is 1. The number of rotatable bonds is 4. The predicted octanol–water partition coefficient (Wildman–Crippen LogP) is 3.98. The van der Waals surface area contributed by atoms with E-state index in [0.29, 0.717) is 47.6 Å². The van der Waals surface area contributed by atoms with Crippen LogP contribution in [0.1, 0.15) is 16.1 Å². The minimum Gasteiger partial charge on any atom is -0.414 e. The van der Waals surface area contributed by atoms with Gasteiger partial charge >= 0.3 is 0 Å². The summed E-state index contributed by atoms with van der Waals surface area (Å²) in [4.78, 5) is 15.7. The third kappa shape index (κ3) is 3.42. The van der Waals surface area contributed by atoms with Crippen LogP contribution >= 0.6 is 22.9 Å². The fourth-order valence-corrected chi connectivity index (χ4v) is 4.63. The van der Waals surface area contributed by atoms with E-state index in [-0.39, 0.29) is 5.91 Å². The topological polar surface area (TPSA) is 77.1 Å². The van der Waals surface area contributed by atoms with Crippen molar-refractivity contribution >= 4 is 28.8 Å². The van der Waals surface area contributed by atoms with Crippen molar-refractivity contribution in [3.8, 4) is 23.0 Å². The minimum absolute atomic E-state index is 0.111. The Balaban J connectivity index is 1.44. The Bertz CT molecular complexity index is 1210. The molecule has 4 heterocycles. The normalized spacial score (nSPS) is 13.5. The molecule has 30 heavy (non-hydrogen) atoms. The molecule has 0 saturated heterocycles. The molecular weight excluding hydrogens is 422 g/mol. The molecule has 0 unspecified atom stereocenters. The number of carbonyl (C=O) groups excluding carboxylic acids is 1. The number of benzene rings is 1. The Morgan fingerprint density at radius 3 is 2.83 bits per heavy atom. The van der Waals surface area contributed by atoms with Crippen molar-refractivity contribution in [1.82, 2.24) is 24.9 Å². The maximum atomic E-state index is 12.8. The first-order chi connectivity index (χ1) is 14.6. The van der Waals surface area contributed by atoms with Gasteiger partial charge in [0.05, 0.1) is 17.0 Å². The van der Waals surface area contributed by atoms with Gasteiger partial charge in [-0.25, -0.2) is 0 Å². The van der Waals surface area contributed by atoms with E-state index in [4.69, 9.17) is 16.0 Å². The van der Waals surface area contributed by atoms with Gasteiger partial charge in [-0.3, -0.25) is 9.48 Å². The lowest BCUT2D eigenvalue weighted by Crippen LogP contribution is -2.37. The second kappa shape index (κ2) is 7.70. The van der Waals surface area contributed by atoms with Gasteiger partial charge < -0.3 is 9.32 Å². The number of halogens is 1. The van der Waals surface area contributed by atoms with Gasteiger partial charge in [0.15, 0.2) is 5.69 Å². The standard InChI is InChI=1S/C21H18ClN5O2S/c1-26-17-8-9-27(18(28)11-13-5-4-10-30-13)12-15(17)19(25-26)21-24-23-20(29-21)14-6-2-3-7-16(14)22/h2-7,10H,8-9,11-12H2,1H3. The zero-order valence-electron chi connectivity index (χ0n) is 16.2. The Kier molecular flexibility index (Phi) is 4.88. The van der Waals surface area contributed by atoms with Gasteiger partial charge in [-0.15, -0.1) is 21.5 Å². The van der Waals surface area contributed by atoms with Gasteiger partial charge in [-0.1, -0.05) is 29.8 Å². The molecule has 0 spiro atoms. The maximum absolute atomic E-state index is 12.8. The molecule has 7 nitrogen and oxygen atoms in total. The summed E-state index contributed by atoms with van der Waals surface area (Å²) in [5.74, 6) is 0.783. The first kappa shape index (κ1) is 19.0. The van der Waals surface area contributed by atoms with Gasteiger partial charge in [0, 0.05) is 42.7 Å². The van der Waals surface area contributed by atoms with Crippen LogP contribution in [0.4, 0.5) is 0 Å². The zero-order chi connectivity index (χ0) is 20.7. The van der Waals surface area contributed by atoms with Gasteiger partial charge in [0.1, 0.15) is 0 Å². The highest BCUT2D eigenvalue weighted by Gasteiger charge is 2.29. The van der Waals surface area contributed by atoms with Crippen molar-refractivity contribution in [2.45, 2.75) is 19.4 Å². The average molecular weight is 440 g/mol. The zero-order valence-corrected chi connectivity index (χ0v) is 17.8. The van der Waals surface area contributed by atoms with Crippen molar-refractivity contribution in [1.29, 1.82) is 0 Å². The molecule has 3 aromatic heterocycles. The van der Waals surface area contributed by atoms with E-state index in [1.54, 1.807) is 17.4 Å². The van der Waals surface area contributed by atoms with Crippen LogP contribution in [0.3, 0.4) is 0 Å². The Morgan fingerprint density at radius 2 is 2.03 bits per heavy atom. The molecule has 152 valence electrons. The number of hydrogen-bond donors (Lipinski definition) is 0. The van der Waals surface area contributed by atoms with E-state index in [9.17, 15) is 4.79 Å². The van der Waals surface area contributed by atoms with Crippen molar-refractivity contribution in [2.75, 3.05) is 6.54 Å². The number of thiophene rings is 1. The monoisotopic (exact) mass is 439 g/mol. The molecule has 1 aliphatic rings.